The highest BCUT2D eigenvalue weighted by Gasteiger charge is 2.31. The number of aromatic nitrogens is 4. The van der Waals surface area contributed by atoms with Crippen LogP contribution in [0.3, 0.4) is 0 Å². The molecule has 0 saturated carbocycles. The fraction of sp³-hybridized carbons (Fsp3) is 0.571. The van der Waals surface area contributed by atoms with Crippen molar-refractivity contribution >= 4 is 36.5 Å². The zero-order chi connectivity index (χ0) is 15.0. The third-order valence-electron chi connectivity index (χ3n) is 3.89. The zero-order valence-corrected chi connectivity index (χ0v) is 15.1. The van der Waals surface area contributed by atoms with Gasteiger partial charge in [-0.1, -0.05) is 0 Å². The Morgan fingerprint density at radius 3 is 2.78 bits per heavy atom. The number of halogens is 2. The van der Waals surface area contributed by atoms with Gasteiger partial charge in [0.05, 0.1) is 0 Å². The zero-order valence-electron chi connectivity index (χ0n) is 13.4. The second-order valence-electron chi connectivity index (χ2n) is 5.54. The molecule has 1 aliphatic heterocycles. The molecule has 2 aromatic heterocycles. The van der Waals surface area contributed by atoms with E-state index in [2.05, 4.69) is 20.4 Å². The second kappa shape index (κ2) is 7.90. The van der Waals surface area contributed by atoms with Crippen LogP contribution >= 0.6 is 24.8 Å². The Hall–Kier alpha value is -1.44. The minimum atomic E-state index is -0.102. The number of fused-ring (bicyclic) bond motifs is 1. The molecule has 0 radical (unpaired) electrons. The van der Waals surface area contributed by atoms with Gasteiger partial charge >= 0.3 is 0 Å². The number of carbonyl (C=O) groups is 1. The Balaban J connectivity index is 0.00000132. The van der Waals surface area contributed by atoms with Crippen LogP contribution in [0.2, 0.25) is 0 Å². The molecule has 1 atom stereocenters. The van der Waals surface area contributed by atoms with E-state index in [-0.39, 0.29) is 42.6 Å². The predicted octanol–water partition coefficient (Wildman–Crippen LogP) is 1.41. The largest absolute Gasteiger partial charge is 0.332 e. The Morgan fingerprint density at radius 1 is 1.35 bits per heavy atom. The van der Waals surface area contributed by atoms with E-state index in [9.17, 15) is 4.79 Å². The average molecular weight is 361 g/mol. The molecule has 0 bridgehead atoms. The first-order chi connectivity index (χ1) is 10.1. The number of carbonyl (C=O) groups excluding carboxylic acids is 1. The van der Waals surface area contributed by atoms with Crippen LogP contribution in [0.25, 0.3) is 5.78 Å². The topological polar surface area (TPSA) is 75.4 Å². The number of likely N-dealkylation sites (N-methyl/N-ethyl adjacent to an activating group) is 1. The van der Waals surface area contributed by atoms with Crippen molar-refractivity contribution in [3.8, 4) is 0 Å². The maximum Gasteiger partial charge on any atom is 0.293 e. The molecule has 1 unspecified atom stereocenters. The molecule has 1 N–H and O–H groups in total. The number of rotatable bonds is 3. The van der Waals surface area contributed by atoms with E-state index in [0.717, 1.165) is 37.3 Å². The minimum absolute atomic E-state index is 0. The molecule has 0 aromatic carbocycles. The summed E-state index contributed by atoms with van der Waals surface area (Å²) < 4.78 is 1.63. The van der Waals surface area contributed by atoms with Crippen molar-refractivity contribution in [1.82, 2.24) is 29.8 Å². The standard InChI is InChI=1S/C14H20N6O.2ClH/c1-9-7-10(2)20-14(16-9)17-12(18-20)13(21)19-6-4-5-11(19)8-15-3;;/h7,11,15H,4-6,8H2,1-3H3;2*1H. The van der Waals surface area contributed by atoms with E-state index < -0.39 is 0 Å². The molecule has 128 valence electrons. The van der Waals surface area contributed by atoms with Gasteiger partial charge in [-0.3, -0.25) is 4.79 Å². The van der Waals surface area contributed by atoms with Crippen molar-refractivity contribution in [3.05, 3.63) is 23.3 Å². The van der Waals surface area contributed by atoms with Crippen molar-refractivity contribution in [2.24, 2.45) is 0 Å². The van der Waals surface area contributed by atoms with Crippen molar-refractivity contribution in [3.63, 3.8) is 0 Å². The van der Waals surface area contributed by atoms with Crippen molar-refractivity contribution in [2.75, 3.05) is 20.1 Å². The summed E-state index contributed by atoms with van der Waals surface area (Å²) in [7, 11) is 1.90. The normalized spacial score (nSPS) is 17.0. The number of amides is 1. The molecule has 1 amide bonds. The van der Waals surface area contributed by atoms with Crippen LogP contribution in [0.4, 0.5) is 0 Å². The molecular weight excluding hydrogens is 339 g/mol. The van der Waals surface area contributed by atoms with Crippen LogP contribution in [0, 0.1) is 13.8 Å². The van der Waals surface area contributed by atoms with Gasteiger partial charge in [0.15, 0.2) is 0 Å². The smallest absolute Gasteiger partial charge is 0.293 e. The minimum Gasteiger partial charge on any atom is -0.332 e. The first-order valence-corrected chi connectivity index (χ1v) is 7.26. The van der Waals surface area contributed by atoms with Gasteiger partial charge < -0.3 is 10.2 Å². The highest BCUT2D eigenvalue weighted by atomic mass is 35.5. The van der Waals surface area contributed by atoms with Gasteiger partial charge in [-0.15, -0.1) is 29.9 Å². The van der Waals surface area contributed by atoms with Crippen LogP contribution in [0.15, 0.2) is 6.07 Å². The van der Waals surface area contributed by atoms with Crippen LogP contribution in [-0.4, -0.2) is 56.6 Å². The Labute approximate surface area is 147 Å². The van der Waals surface area contributed by atoms with Crippen molar-refractivity contribution < 1.29 is 4.79 Å². The molecule has 23 heavy (non-hydrogen) atoms. The molecule has 1 saturated heterocycles. The Bertz CT molecular complexity index is 689. The average Bonchev–Trinajstić information content (AvgIpc) is 3.05. The lowest BCUT2D eigenvalue weighted by Gasteiger charge is -2.22. The number of hydrogen-bond acceptors (Lipinski definition) is 5. The molecular formula is C14H22Cl2N6O. The third kappa shape index (κ3) is 3.73. The van der Waals surface area contributed by atoms with Gasteiger partial charge in [0.25, 0.3) is 11.7 Å². The van der Waals surface area contributed by atoms with E-state index in [4.69, 9.17) is 0 Å². The maximum atomic E-state index is 12.6. The highest BCUT2D eigenvalue weighted by molar-refractivity contribution is 5.91. The number of nitrogens with zero attached hydrogens (tertiary/aromatic N) is 5. The van der Waals surface area contributed by atoms with Gasteiger partial charge in [-0.25, -0.2) is 9.50 Å². The monoisotopic (exact) mass is 360 g/mol. The lowest BCUT2D eigenvalue weighted by molar-refractivity contribution is 0.0725. The van der Waals surface area contributed by atoms with E-state index in [0.29, 0.717) is 5.78 Å². The maximum absolute atomic E-state index is 12.6. The SMILES string of the molecule is CNCC1CCCN1C(=O)c1nc2nc(C)cc(C)n2n1.Cl.Cl. The molecule has 0 aliphatic carbocycles. The van der Waals surface area contributed by atoms with E-state index in [1.807, 2.05) is 31.9 Å². The summed E-state index contributed by atoms with van der Waals surface area (Å²) in [5.74, 6) is 0.620. The quantitative estimate of drug-likeness (QED) is 0.895. The molecule has 7 nitrogen and oxygen atoms in total. The number of nitrogens with one attached hydrogen (secondary N) is 1. The molecule has 3 heterocycles. The van der Waals surface area contributed by atoms with Gasteiger partial charge in [0.2, 0.25) is 5.82 Å². The lowest BCUT2D eigenvalue weighted by atomic mass is 10.2. The first-order valence-electron chi connectivity index (χ1n) is 7.26. The Kier molecular flexibility index (Phi) is 6.73. The summed E-state index contributed by atoms with van der Waals surface area (Å²) in [5.41, 5.74) is 1.80. The van der Waals surface area contributed by atoms with Gasteiger partial charge in [-0.2, -0.15) is 4.98 Å². The molecule has 3 rings (SSSR count). The van der Waals surface area contributed by atoms with E-state index >= 15 is 0 Å². The van der Waals surface area contributed by atoms with Gasteiger partial charge in [-0.05, 0) is 39.8 Å². The predicted molar refractivity (Wildman–Crippen MR) is 92.7 cm³/mol. The van der Waals surface area contributed by atoms with E-state index in [1.165, 1.54) is 0 Å². The lowest BCUT2D eigenvalue weighted by Crippen LogP contribution is -2.41. The number of hydrogen-bond donors (Lipinski definition) is 1. The van der Waals surface area contributed by atoms with Crippen LogP contribution in [-0.2, 0) is 0 Å². The van der Waals surface area contributed by atoms with Crippen LogP contribution < -0.4 is 5.32 Å². The van der Waals surface area contributed by atoms with Crippen molar-refractivity contribution in [2.45, 2.75) is 32.7 Å². The Morgan fingerprint density at radius 2 is 2.09 bits per heavy atom. The fourth-order valence-electron chi connectivity index (χ4n) is 2.94. The molecule has 0 spiro atoms. The molecule has 2 aromatic rings. The molecule has 1 fully saturated rings. The third-order valence-corrected chi connectivity index (χ3v) is 3.89. The fourth-order valence-corrected chi connectivity index (χ4v) is 2.94. The van der Waals surface area contributed by atoms with Crippen LogP contribution in [0.5, 0.6) is 0 Å². The first kappa shape index (κ1) is 19.6. The summed E-state index contributed by atoms with van der Waals surface area (Å²) >= 11 is 0. The van der Waals surface area contributed by atoms with Crippen molar-refractivity contribution in [1.29, 1.82) is 0 Å². The molecule has 9 heteroatoms. The summed E-state index contributed by atoms with van der Waals surface area (Å²) in [6, 6.07) is 2.15. The van der Waals surface area contributed by atoms with Gasteiger partial charge in [0, 0.05) is 30.5 Å². The number of likely N-dealkylation sites (tertiary alicyclic amines) is 1. The summed E-state index contributed by atoms with van der Waals surface area (Å²) in [6.45, 7) is 5.42. The van der Waals surface area contributed by atoms with E-state index in [1.54, 1.807) is 4.52 Å². The van der Waals surface area contributed by atoms with Gasteiger partial charge in [0.1, 0.15) is 0 Å². The summed E-state index contributed by atoms with van der Waals surface area (Å²) in [4.78, 5) is 23.1. The molecule has 1 aliphatic rings. The van der Waals surface area contributed by atoms with Crippen LogP contribution in [0.1, 0.15) is 34.8 Å². The summed E-state index contributed by atoms with van der Waals surface area (Å²) in [5, 5.41) is 7.46. The number of aryl methyl sites for hydroxylation is 2. The highest BCUT2D eigenvalue weighted by Crippen LogP contribution is 2.19. The second-order valence-corrected chi connectivity index (χ2v) is 5.54. The summed E-state index contributed by atoms with van der Waals surface area (Å²) in [6.07, 6.45) is 2.05.